The Bertz CT molecular complexity index is 459. The van der Waals surface area contributed by atoms with Gasteiger partial charge < -0.3 is 9.64 Å². The van der Waals surface area contributed by atoms with Crippen molar-refractivity contribution in [1.29, 1.82) is 0 Å². The van der Waals surface area contributed by atoms with Gasteiger partial charge in [-0.05, 0) is 26.0 Å². The van der Waals surface area contributed by atoms with E-state index in [1.807, 2.05) is 36.9 Å². The van der Waals surface area contributed by atoms with Crippen LogP contribution in [0.4, 0.5) is 10.6 Å². The summed E-state index contributed by atoms with van der Waals surface area (Å²) in [5.74, 6) is 0.610. The van der Waals surface area contributed by atoms with Crippen LogP contribution in [-0.4, -0.2) is 66.8 Å². The molecule has 6 heteroatoms. The number of nitrogens with zero attached hydrogens (tertiary/aromatic N) is 3. The highest BCUT2D eigenvalue weighted by molar-refractivity contribution is 5.88. The molecule has 1 aliphatic rings. The zero-order valence-electron chi connectivity index (χ0n) is 12.8. The molecule has 0 saturated carbocycles. The van der Waals surface area contributed by atoms with E-state index in [9.17, 15) is 4.79 Å². The maximum Gasteiger partial charge on any atom is 0.323 e. The fraction of sp³-hybridized carbons (Fsp3) is 0.600. The van der Waals surface area contributed by atoms with Crippen molar-refractivity contribution in [2.75, 3.05) is 51.3 Å². The highest BCUT2D eigenvalue weighted by Gasteiger charge is 2.21. The number of hydrogen-bond donors (Lipinski definition) is 1. The van der Waals surface area contributed by atoms with Gasteiger partial charge >= 0.3 is 6.03 Å². The molecular formula is C15H24N4O2. The molecule has 2 heterocycles. The van der Waals surface area contributed by atoms with Crippen LogP contribution in [0.3, 0.4) is 0 Å². The van der Waals surface area contributed by atoms with E-state index in [2.05, 4.69) is 15.2 Å². The number of amides is 2. The van der Waals surface area contributed by atoms with Gasteiger partial charge in [-0.25, -0.2) is 9.78 Å². The molecule has 1 aromatic rings. The van der Waals surface area contributed by atoms with Crippen molar-refractivity contribution < 1.29 is 9.53 Å². The third-order valence-corrected chi connectivity index (χ3v) is 3.54. The van der Waals surface area contributed by atoms with E-state index < -0.39 is 0 Å². The minimum atomic E-state index is -0.0717. The number of anilines is 1. The van der Waals surface area contributed by atoms with Gasteiger partial charge in [0.25, 0.3) is 0 Å². The molecule has 1 saturated heterocycles. The molecule has 2 amide bonds. The van der Waals surface area contributed by atoms with E-state index in [0.29, 0.717) is 5.82 Å². The van der Waals surface area contributed by atoms with Gasteiger partial charge in [0.1, 0.15) is 5.82 Å². The molecule has 0 bridgehead atoms. The maximum absolute atomic E-state index is 12.2. The van der Waals surface area contributed by atoms with Crippen molar-refractivity contribution in [1.82, 2.24) is 14.8 Å². The molecule has 0 unspecified atom stereocenters. The second kappa shape index (κ2) is 7.95. The average molecular weight is 292 g/mol. The van der Waals surface area contributed by atoms with Gasteiger partial charge in [-0.15, -0.1) is 0 Å². The van der Waals surface area contributed by atoms with Crippen LogP contribution in [0.5, 0.6) is 0 Å². The highest BCUT2D eigenvalue weighted by Crippen LogP contribution is 2.07. The summed E-state index contributed by atoms with van der Waals surface area (Å²) in [6.07, 6.45) is 0. The fourth-order valence-electron chi connectivity index (χ4n) is 2.31. The summed E-state index contributed by atoms with van der Waals surface area (Å²) in [6, 6.07) is 5.54. The van der Waals surface area contributed by atoms with Crippen molar-refractivity contribution in [3.63, 3.8) is 0 Å². The summed E-state index contributed by atoms with van der Waals surface area (Å²) in [7, 11) is 0. The quantitative estimate of drug-likeness (QED) is 0.837. The van der Waals surface area contributed by atoms with Gasteiger partial charge in [0.15, 0.2) is 0 Å². The van der Waals surface area contributed by atoms with Crippen LogP contribution in [-0.2, 0) is 4.74 Å². The molecular weight excluding hydrogens is 268 g/mol. The number of ether oxygens (including phenoxy) is 1. The van der Waals surface area contributed by atoms with Gasteiger partial charge in [-0.2, -0.15) is 0 Å². The second-order valence-electron chi connectivity index (χ2n) is 5.12. The lowest BCUT2D eigenvalue weighted by Crippen LogP contribution is -2.50. The number of aromatic nitrogens is 1. The first-order valence-corrected chi connectivity index (χ1v) is 7.48. The number of piperazine rings is 1. The molecule has 1 N–H and O–H groups in total. The lowest BCUT2D eigenvalue weighted by molar-refractivity contribution is 0.0901. The first-order valence-electron chi connectivity index (χ1n) is 7.48. The summed E-state index contributed by atoms with van der Waals surface area (Å²) in [4.78, 5) is 20.6. The van der Waals surface area contributed by atoms with E-state index >= 15 is 0 Å². The number of urea groups is 1. The van der Waals surface area contributed by atoms with Crippen molar-refractivity contribution in [3.05, 3.63) is 23.9 Å². The molecule has 0 spiro atoms. The number of carbonyl (C=O) groups excluding carboxylic acids is 1. The Morgan fingerprint density at radius 1 is 1.33 bits per heavy atom. The monoisotopic (exact) mass is 292 g/mol. The fourth-order valence-corrected chi connectivity index (χ4v) is 2.31. The smallest absolute Gasteiger partial charge is 0.323 e. The SMILES string of the molecule is CCOCCN1CCN(C(=O)Nc2cccc(C)n2)CC1. The number of rotatable bonds is 5. The Kier molecular flexibility index (Phi) is 5.95. The third-order valence-electron chi connectivity index (χ3n) is 3.54. The standard InChI is InChI=1S/C15H24N4O2/c1-3-21-12-11-18-7-9-19(10-8-18)15(20)17-14-6-4-5-13(2)16-14/h4-6H,3,7-12H2,1-2H3,(H,16,17,20). The maximum atomic E-state index is 12.2. The number of hydrogen-bond acceptors (Lipinski definition) is 4. The Balaban J connectivity index is 1.75. The highest BCUT2D eigenvalue weighted by atomic mass is 16.5. The van der Waals surface area contributed by atoms with Gasteiger partial charge in [0, 0.05) is 45.0 Å². The summed E-state index contributed by atoms with van der Waals surface area (Å²) >= 11 is 0. The molecule has 0 radical (unpaired) electrons. The molecule has 6 nitrogen and oxygen atoms in total. The van der Waals surface area contributed by atoms with Crippen molar-refractivity contribution in [2.24, 2.45) is 0 Å². The summed E-state index contributed by atoms with van der Waals surface area (Å²) in [5.41, 5.74) is 0.897. The first-order chi connectivity index (χ1) is 10.2. The van der Waals surface area contributed by atoms with Crippen molar-refractivity contribution in [2.45, 2.75) is 13.8 Å². The molecule has 21 heavy (non-hydrogen) atoms. The minimum absolute atomic E-state index is 0.0717. The summed E-state index contributed by atoms with van der Waals surface area (Å²) in [6.45, 7) is 9.62. The molecule has 116 valence electrons. The molecule has 1 fully saturated rings. The van der Waals surface area contributed by atoms with E-state index in [-0.39, 0.29) is 6.03 Å². The topological polar surface area (TPSA) is 57.7 Å². The van der Waals surface area contributed by atoms with Crippen LogP contribution < -0.4 is 5.32 Å². The van der Waals surface area contributed by atoms with Crippen molar-refractivity contribution >= 4 is 11.8 Å². The predicted octanol–water partition coefficient (Wildman–Crippen LogP) is 1.58. The van der Waals surface area contributed by atoms with Crippen molar-refractivity contribution in [3.8, 4) is 0 Å². The summed E-state index contributed by atoms with van der Waals surface area (Å²) in [5, 5.41) is 2.85. The van der Waals surface area contributed by atoms with Crippen LogP contribution in [0.15, 0.2) is 18.2 Å². The van der Waals surface area contributed by atoms with E-state index in [0.717, 1.165) is 51.6 Å². The lowest BCUT2D eigenvalue weighted by Gasteiger charge is -2.34. The Morgan fingerprint density at radius 2 is 2.10 bits per heavy atom. The molecule has 1 aromatic heterocycles. The molecule has 0 aromatic carbocycles. The van der Waals surface area contributed by atoms with Crippen LogP contribution >= 0.6 is 0 Å². The first kappa shape index (κ1) is 15.7. The van der Waals surface area contributed by atoms with Gasteiger partial charge in [0.05, 0.1) is 6.61 Å². The molecule has 0 atom stereocenters. The van der Waals surface area contributed by atoms with Crippen LogP contribution in [0, 0.1) is 6.92 Å². The van der Waals surface area contributed by atoms with E-state index in [4.69, 9.17) is 4.74 Å². The zero-order valence-corrected chi connectivity index (χ0v) is 12.8. The Labute approximate surface area is 126 Å². The molecule has 0 aliphatic carbocycles. The largest absolute Gasteiger partial charge is 0.380 e. The van der Waals surface area contributed by atoms with Gasteiger partial charge in [-0.1, -0.05) is 6.07 Å². The number of carbonyl (C=O) groups is 1. The number of nitrogens with one attached hydrogen (secondary N) is 1. The van der Waals surface area contributed by atoms with Crippen LogP contribution in [0.1, 0.15) is 12.6 Å². The zero-order chi connectivity index (χ0) is 15.1. The Hall–Kier alpha value is -1.66. The summed E-state index contributed by atoms with van der Waals surface area (Å²) < 4.78 is 5.36. The molecule has 1 aliphatic heterocycles. The van der Waals surface area contributed by atoms with Crippen LogP contribution in [0.2, 0.25) is 0 Å². The third kappa shape index (κ3) is 4.99. The normalized spacial score (nSPS) is 16.0. The Morgan fingerprint density at radius 3 is 2.76 bits per heavy atom. The van der Waals surface area contributed by atoms with Crippen LogP contribution in [0.25, 0.3) is 0 Å². The van der Waals surface area contributed by atoms with Gasteiger partial charge in [-0.3, -0.25) is 10.2 Å². The average Bonchev–Trinajstić information content (AvgIpc) is 2.48. The predicted molar refractivity (Wildman–Crippen MR) is 82.5 cm³/mol. The number of aryl methyl sites for hydroxylation is 1. The minimum Gasteiger partial charge on any atom is -0.380 e. The molecule has 2 rings (SSSR count). The number of pyridine rings is 1. The lowest BCUT2D eigenvalue weighted by atomic mass is 10.3. The second-order valence-corrected chi connectivity index (χ2v) is 5.12. The van der Waals surface area contributed by atoms with E-state index in [1.165, 1.54) is 0 Å². The van der Waals surface area contributed by atoms with E-state index in [1.54, 1.807) is 0 Å². The van der Waals surface area contributed by atoms with Gasteiger partial charge in [0.2, 0.25) is 0 Å².